The topological polar surface area (TPSA) is 47.9 Å². The first-order valence-electron chi connectivity index (χ1n) is 5.73. The van der Waals surface area contributed by atoms with Crippen LogP contribution in [0.15, 0.2) is 23.2 Å². The average Bonchev–Trinajstić information content (AvgIpc) is 2.40. The van der Waals surface area contributed by atoms with Crippen molar-refractivity contribution in [3.63, 3.8) is 0 Å². The van der Waals surface area contributed by atoms with Crippen molar-refractivity contribution in [3.05, 3.63) is 29.6 Å². The van der Waals surface area contributed by atoms with Gasteiger partial charge in [-0.1, -0.05) is 0 Å². The lowest BCUT2D eigenvalue weighted by atomic mass is 9.82. The highest BCUT2D eigenvalue weighted by molar-refractivity contribution is 5.44. The van der Waals surface area contributed by atoms with Gasteiger partial charge in [-0.3, -0.25) is 0 Å². The van der Waals surface area contributed by atoms with Gasteiger partial charge in [0, 0.05) is 31.6 Å². The Kier molecular flexibility index (Phi) is 3.75. The lowest BCUT2D eigenvalue weighted by molar-refractivity contribution is 0.0522. The summed E-state index contributed by atoms with van der Waals surface area (Å²) in [7, 11) is 1.51. The van der Waals surface area contributed by atoms with Crippen LogP contribution in [0.25, 0.3) is 0 Å². The SMILES string of the molecule is COc1ccc(F)cc1C1(N=C=O)CCOCC1. The van der Waals surface area contributed by atoms with E-state index in [0.29, 0.717) is 37.4 Å². The summed E-state index contributed by atoms with van der Waals surface area (Å²) in [5.74, 6) is 0.148. The van der Waals surface area contributed by atoms with Crippen molar-refractivity contribution in [1.29, 1.82) is 0 Å². The molecule has 5 heteroatoms. The molecule has 0 saturated carbocycles. The summed E-state index contributed by atoms with van der Waals surface area (Å²) in [5, 5.41) is 0. The van der Waals surface area contributed by atoms with E-state index in [1.165, 1.54) is 19.2 Å². The number of benzene rings is 1. The minimum absolute atomic E-state index is 0.377. The van der Waals surface area contributed by atoms with Crippen LogP contribution in [-0.4, -0.2) is 26.4 Å². The summed E-state index contributed by atoms with van der Waals surface area (Å²) in [4.78, 5) is 14.6. The molecule has 4 nitrogen and oxygen atoms in total. The Bertz CT molecular complexity index is 477. The van der Waals surface area contributed by atoms with Crippen LogP contribution in [0.3, 0.4) is 0 Å². The summed E-state index contributed by atoms with van der Waals surface area (Å²) in [6, 6.07) is 4.23. The second kappa shape index (κ2) is 5.29. The van der Waals surface area contributed by atoms with Crippen LogP contribution in [0.4, 0.5) is 4.39 Å². The normalized spacial score (nSPS) is 17.9. The Labute approximate surface area is 104 Å². The van der Waals surface area contributed by atoms with E-state index in [2.05, 4.69) is 4.99 Å². The lowest BCUT2D eigenvalue weighted by Crippen LogP contribution is -2.32. The fourth-order valence-electron chi connectivity index (χ4n) is 2.28. The summed E-state index contributed by atoms with van der Waals surface area (Å²) >= 11 is 0. The van der Waals surface area contributed by atoms with Crippen molar-refractivity contribution in [2.45, 2.75) is 18.4 Å². The highest BCUT2D eigenvalue weighted by atomic mass is 19.1. The molecule has 0 radical (unpaired) electrons. The number of isocyanates is 1. The van der Waals surface area contributed by atoms with Gasteiger partial charge in [-0.05, 0) is 18.2 Å². The molecular formula is C13H14FNO3. The monoisotopic (exact) mass is 251 g/mol. The summed E-state index contributed by atoms with van der Waals surface area (Å²) < 4.78 is 23.9. The second-order valence-electron chi connectivity index (χ2n) is 4.19. The number of rotatable bonds is 3. The first-order chi connectivity index (χ1) is 8.72. The minimum atomic E-state index is -0.784. The fraction of sp³-hybridized carbons (Fsp3) is 0.462. The molecule has 0 spiro atoms. The van der Waals surface area contributed by atoms with Crippen LogP contribution in [-0.2, 0) is 15.1 Å². The molecule has 0 aliphatic carbocycles. The molecule has 96 valence electrons. The van der Waals surface area contributed by atoms with Crippen molar-refractivity contribution >= 4 is 6.08 Å². The molecule has 1 aliphatic heterocycles. The van der Waals surface area contributed by atoms with Gasteiger partial charge in [0.2, 0.25) is 6.08 Å². The Morgan fingerprint density at radius 1 is 1.44 bits per heavy atom. The number of hydrogen-bond donors (Lipinski definition) is 0. The van der Waals surface area contributed by atoms with Crippen molar-refractivity contribution in [1.82, 2.24) is 0 Å². The van der Waals surface area contributed by atoms with Crippen LogP contribution in [0.2, 0.25) is 0 Å². The minimum Gasteiger partial charge on any atom is -0.496 e. The molecule has 1 aromatic carbocycles. The molecule has 1 saturated heterocycles. The Balaban J connectivity index is 2.53. The molecule has 1 aliphatic rings. The number of hydrogen-bond acceptors (Lipinski definition) is 4. The molecule has 0 N–H and O–H groups in total. The molecule has 0 bridgehead atoms. The molecule has 1 aromatic rings. The van der Waals surface area contributed by atoms with Gasteiger partial charge >= 0.3 is 0 Å². The maximum absolute atomic E-state index is 13.4. The van der Waals surface area contributed by atoms with Gasteiger partial charge in [-0.2, -0.15) is 4.99 Å². The average molecular weight is 251 g/mol. The van der Waals surface area contributed by atoms with Gasteiger partial charge in [0.25, 0.3) is 0 Å². The van der Waals surface area contributed by atoms with Crippen LogP contribution < -0.4 is 4.74 Å². The smallest absolute Gasteiger partial charge is 0.235 e. The summed E-state index contributed by atoms with van der Waals surface area (Å²) in [5.41, 5.74) is -0.204. The standard InChI is InChI=1S/C13H14FNO3/c1-17-12-3-2-10(14)8-11(12)13(15-9-16)4-6-18-7-5-13/h2-3,8H,4-7H2,1H3. The van der Waals surface area contributed by atoms with E-state index in [0.717, 1.165) is 0 Å². The van der Waals surface area contributed by atoms with Crippen LogP contribution in [0.5, 0.6) is 5.75 Å². The predicted octanol–water partition coefficient (Wildman–Crippen LogP) is 2.18. The molecule has 18 heavy (non-hydrogen) atoms. The van der Waals surface area contributed by atoms with E-state index >= 15 is 0 Å². The molecule has 0 atom stereocenters. The Morgan fingerprint density at radius 2 is 2.17 bits per heavy atom. The Hall–Kier alpha value is -1.71. The largest absolute Gasteiger partial charge is 0.496 e. The first kappa shape index (κ1) is 12.7. The Morgan fingerprint density at radius 3 is 2.78 bits per heavy atom. The van der Waals surface area contributed by atoms with E-state index in [4.69, 9.17) is 9.47 Å². The maximum atomic E-state index is 13.4. The van der Waals surface area contributed by atoms with E-state index < -0.39 is 5.54 Å². The quantitative estimate of drug-likeness (QED) is 0.611. The van der Waals surface area contributed by atoms with Gasteiger partial charge in [-0.15, -0.1) is 0 Å². The number of nitrogens with zero attached hydrogens (tertiary/aromatic N) is 1. The van der Waals surface area contributed by atoms with Gasteiger partial charge < -0.3 is 9.47 Å². The van der Waals surface area contributed by atoms with Crippen molar-refractivity contribution in [3.8, 4) is 5.75 Å². The van der Waals surface area contributed by atoms with E-state index in [9.17, 15) is 9.18 Å². The third-order valence-corrected chi connectivity index (χ3v) is 3.24. The van der Waals surface area contributed by atoms with Crippen molar-refractivity contribution in [2.24, 2.45) is 4.99 Å². The van der Waals surface area contributed by atoms with Crippen LogP contribution >= 0.6 is 0 Å². The molecule has 2 rings (SSSR count). The zero-order valence-corrected chi connectivity index (χ0v) is 10.1. The van der Waals surface area contributed by atoms with Crippen molar-refractivity contribution in [2.75, 3.05) is 20.3 Å². The van der Waals surface area contributed by atoms with Gasteiger partial charge in [0.15, 0.2) is 0 Å². The van der Waals surface area contributed by atoms with E-state index in [1.807, 2.05) is 0 Å². The molecular weight excluding hydrogens is 237 g/mol. The highest BCUT2D eigenvalue weighted by Gasteiger charge is 2.37. The highest BCUT2D eigenvalue weighted by Crippen LogP contribution is 2.40. The number of halogens is 1. The zero-order chi connectivity index (χ0) is 13.0. The molecule has 0 aromatic heterocycles. The van der Waals surface area contributed by atoms with Gasteiger partial charge in [0.1, 0.15) is 17.1 Å². The van der Waals surface area contributed by atoms with Crippen molar-refractivity contribution < 1.29 is 18.7 Å². The number of methoxy groups -OCH3 is 1. The number of aliphatic imine (C=N–C) groups is 1. The second-order valence-corrected chi connectivity index (χ2v) is 4.19. The maximum Gasteiger partial charge on any atom is 0.235 e. The molecule has 0 unspecified atom stereocenters. The fourth-order valence-corrected chi connectivity index (χ4v) is 2.28. The number of carbonyl (C=O) groups excluding carboxylic acids is 1. The van der Waals surface area contributed by atoms with E-state index in [1.54, 1.807) is 12.1 Å². The third kappa shape index (κ3) is 2.28. The lowest BCUT2D eigenvalue weighted by Gasteiger charge is -2.33. The van der Waals surface area contributed by atoms with Gasteiger partial charge in [-0.25, -0.2) is 9.18 Å². The summed E-state index contributed by atoms with van der Waals surface area (Å²) in [6.07, 6.45) is 2.62. The molecule has 0 amide bonds. The summed E-state index contributed by atoms with van der Waals surface area (Å²) in [6.45, 7) is 0.954. The van der Waals surface area contributed by atoms with E-state index in [-0.39, 0.29) is 5.82 Å². The predicted molar refractivity (Wildman–Crippen MR) is 62.8 cm³/mol. The molecule has 1 heterocycles. The van der Waals surface area contributed by atoms with Gasteiger partial charge in [0.05, 0.1) is 7.11 Å². The van der Waals surface area contributed by atoms with Crippen LogP contribution in [0, 0.1) is 5.82 Å². The third-order valence-electron chi connectivity index (χ3n) is 3.24. The number of ether oxygens (including phenoxy) is 2. The first-order valence-corrected chi connectivity index (χ1v) is 5.73. The van der Waals surface area contributed by atoms with Crippen LogP contribution in [0.1, 0.15) is 18.4 Å². The zero-order valence-electron chi connectivity index (χ0n) is 10.1. The molecule has 1 fully saturated rings.